The summed E-state index contributed by atoms with van der Waals surface area (Å²) in [5.41, 5.74) is 34.7. The van der Waals surface area contributed by atoms with Crippen LogP contribution in [0, 0.1) is 13.8 Å². The Morgan fingerprint density at radius 2 is 0.685 bits per heavy atom. The first-order valence-corrected chi connectivity index (χ1v) is 45.4. The van der Waals surface area contributed by atoms with E-state index in [4.69, 9.17) is 48.3 Å². The number of ether oxygens (including phenoxy) is 4. The molecule has 6 spiro atoms. The van der Waals surface area contributed by atoms with Crippen molar-refractivity contribution in [3.8, 4) is 67.0 Å². The van der Waals surface area contributed by atoms with Gasteiger partial charge in [-0.25, -0.2) is 39.9 Å². The van der Waals surface area contributed by atoms with Crippen molar-refractivity contribution in [3.05, 3.63) is 304 Å². The Labute approximate surface area is 745 Å². The highest BCUT2D eigenvalue weighted by molar-refractivity contribution is 5.85. The van der Waals surface area contributed by atoms with Crippen LogP contribution < -0.4 is 5.32 Å². The number of aromatic nitrogens is 7. The Kier molecular flexibility index (Phi) is 23.5. The second-order valence-electron chi connectivity index (χ2n) is 37.0. The molecule has 12 aromatic rings. The molecule has 6 atom stereocenters. The lowest BCUT2D eigenvalue weighted by Crippen LogP contribution is -2.49. The van der Waals surface area contributed by atoms with E-state index in [1.807, 2.05) is 108 Å². The molecular formula is C108H112N14O5. The molecule has 12 aliphatic rings. The first kappa shape index (κ1) is 83.8. The maximum Gasteiger partial charge on any atom is 0.180 e. The Balaban J connectivity index is 0.0000000994. The molecule has 0 fully saturated rings. The predicted molar refractivity (Wildman–Crippen MR) is 506 cm³/mol. The van der Waals surface area contributed by atoms with E-state index in [-0.39, 0.29) is 33.2 Å². The number of benzene rings is 6. The number of pyridine rings is 3. The zero-order chi connectivity index (χ0) is 86.8. The molecule has 1 N–H and O–H groups in total. The molecule has 19 heteroatoms. The van der Waals surface area contributed by atoms with Crippen LogP contribution in [0.4, 0.5) is 0 Å². The number of nitrogens with zero attached hydrogens (tertiary/aromatic N) is 13. The van der Waals surface area contributed by atoms with E-state index in [1.54, 1.807) is 18.9 Å². The van der Waals surface area contributed by atoms with Gasteiger partial charge in [0.15, 0.2) is 23.6 Å². The number of aliphatic imine (C=N–C) groups is 6. The zero-order valence-corrected chi connectivity index (χ0v) is 74.4. The molecule has 0 amide bonds. The highest BCUT2D eigenvalue weighted by atomic mass is 16.5. The summed E-state index contributed by atoms with van der Waals surface area (Å²) in [4.78, 5) is 58.2. The molecule has 644 valence electrons. The molecule has 6 aliphatic carbocycles. The molecule has 0 saturated carbocycles. The largest absolute Gasteiger partial charge is 0.479 e. The molecule has 6 aliphatic heterocycles. The standard InChI is InChI=1S/2C19H20N2O.C18H19N3.C18H18N2O.C17H17N3O.C17H18N2O/c2*1-13-7-9-20-11-18(13)16-5-3-4-15-6-8-19(10-17(15)16)12-22-14(2)21-19;1-13-5-7-18(21-13)8-6-17-14(9-18)3-2-4-16(17)15-10-19-12-20-11-15;1-13-20-18(12-21-13)8-7-14-4-2-6-16(17(14)10-18)15-5-3-9-19-11-15;1-12-20-17(10-21-12)6-5-13-3-2-4-15(16(13)7-17)14-8-18-11-19-9-14;1-12-18-11-17(19-12)8-7-14-13(10-17)4-2-5-15(14)16-6-3-9-20-16/h2*3-5,7,9,11H,6,8,10,12H2,1-2H3;2-4,10-12H,5-9H2,1H3;2-6,9,11H,7-8,10,12H2,1H3;2-4,8-9,11H,5-7,10H2,1H3;2-6,9H,7-8,10-11H2,1H3,(H,18,19)/t2*19-;2*18-;2*17-/m101101/s1. The molecule has 19 nitrogen and oxygen atoms in total. The topological polar surface area (TPSA) is 226 Å². The molecule has 6 aromatic heterocycles. The SMILES string of the molecule is CC1=NC[C@]2(CCc3c(cccc3-c3ccco3)C2)N1.CC1=N[C@@]2(CCc3cccc(-c4cccnc4)c3C2)CO1.CC1=N[C@@]2(CCc3cccc(-c4cnccc4C)c3C2)CO1.CC1=N[C@]2(CC1)CCc1c(cccc1-c1cncnc1)C2.CC1=N[C@]2(CCc3cccc(-c4cnccc4C)c3C2)CO1.CC1=N[C@]2(CCc3cccc(-c4cncnc4)c3C2)CO1. The summed E-state index contributed by atoms with van der Waals surface area (Å²) < 4.78 is 28.2. The average Bonchev–Trinajstić information content (AvgIpc) is 1.15. The monoisotopic (exact) mass is 1680 g/mol. The second kappa shape index (κ2) is 35.6. The number of hydrogen-bond acceptors (Lipinski definition) is 19. The highest BCUT2D eigenvalue weighted by Gasteiger charge is 2.46. The van der Waals surface area contributed by atoms with Crippen LogP contribution in [0.1, 0.15) is 171 Å². The van der Waals surface area contributed by atoms with Crippen molar-refractivity contribution < 1.29 is 23.4 Å². The smallest absolute Gasteiger partial charge is 0.180 e. The third-order valence-electron chi connectivity index (χ3n) is 28.2. The van der Waals surface area contributed by atoms with Crippen LogP contribution in [0.3, 0.4) is 0 Å². The van der Waals surface area contributed by atoms with Crippen molar-refractivity contribution in [2.45, 2.75) is 217 Å². The Hall–Kier alpha value is -12.8. The lowest BCUT2D eigenvalue weighted by Gasteiger charge is -2.35. The maximum atomic E-state index is 5.67. The van der Waals surface area contributed by atoms with Gasteiger partial charge in [0.05, 0.1) is 29.7 Å². The van der Waals surface area contributed by atoms with Gasteiger partial charge in [-0.15, -0.1) is 0 Å². The Morgan fingerprint density at radius 1 is 0.291 bits per heavy atom. The molecule has 0 radical (unpaired) electrons. The van der Waals surface area contributed by atoms with Crippen molar-refractivity contribution in [3.63, 3.8) is 0 Å². The summed E-state index contributed by atoms with van der Waals surface area (Å²) in [7, 11) is 0. The van der Waals surface area contributed by atoms with Crippen molar-refractivity contribution >= 4 is 35.1 Å². The number of furan rings is 1. The summed E-state index contributed by atoms with van der Waals surface area (Å²) in [5.74, 6) is 5.37. The van der Waals surface area contributed by atoms with E-state index in [2.05, 4.69) is 200 Å². The third kappa shape index (κ3) is 17.8. The minimum absolute atomic E-state index is 0.0462. The van der Waals surface area contributed by atoms with Crippen molar-refractivity contribution in [1.82, 2.24) is 40.2 Å². The van der Waals surface area contributed by atoms with Gasteiger partial charge < -0.3 is 28.7 Å². The van der Waals surface area contributed by atoms with Crippen LogP contribution in [0.25, 0.3) is 67.0 Å². The minimum atomic E-state index is -0.0666. The second-order valence-corrected chi connectivity index (χ2v) is 37.0. The van der Waals surface area contributed by atoms with Crippen LogP contribution in [0.15, 0.2) is 261 Å². The van der Waals surface area contributed by atoms with E-state index in [1.165, 1.54) is 153 Å². The summed E-state index contributed by atoms with van der Waals surface area (Å²) in [6.45, 7) is 20.1. The van der Waals surface area contributed by atoms with Crippen LogP contribution in [0.2, 0.25) is 0 Å². The lowest BCUT2D eigenvalue weighted by atomic mass is 9.75. The number of hydrogen-bond donors (Lipinski definition) is 1. The summed E-state index contributed by atoms with van der Waals surface area (Å²) in [5, 5.41) is 3.59. The highest BCUT2D eigenvalue weighted by Crippen LogP contribution is 2.47. The molecule has 24 rings (SSSR count). The number of rotatable bonds is 6. The minimum Gasteiger partial charge on any atom is -0.479 e. The van der Waals surface area contributed by atoms with Gasteiger partial charge in [0.2, 0.25) is 0 Å². The van der Waals surface area contributed by atoms with Crippen LogP contribution in [0.5, 0.6) is 0 Å². The zero-order valence-electron chi connectivity index (χ0n) is 74.4. The van der Waals surface area contributed by atoms with Crippen LogP contribution >= 0.6 is 0 Å². The van der Waals surface area contributed by atoms with E-state index >= 15 is 0 Å². The van der Waals surface area contributed by atoms with E-state index in [9.17, 15) is 0 Å². The van der Waals surface area contributed by atoms with Crippen LogP contribution in [-0.4, -0.2) is 136 Å². The van der Waals surface area contributed by atoms with Gasteiger partial charge in [0, 0.05) is 154 Å². The van der Waals surface area contributed by atoms with Gasteiger partial charge in [-0.05, 0) is 266 Å². The summed E-state index contributed by atoms with van der Waals surface area (Å²) >= 11 is 0. The number of fused-ring (bicyclic) bond motifs is 6. The van der Waals surface area contributed by atoms with E-state index in [0.717, 1.165) is 182 Å². The van der Waals surface area contributed by atoms with Crippen molar-refractivity contribution in [2.24, 2.45) is 30.0 Å². The molecule has 127 heavy (non-hydrogen) atoms. The van der Waals surface area contributed by atoms with Gasteiger partial charge in [0.1, 0.15) is 67.0 Å². The molecule has 6 aromatic carbocycles. The third-order valence-corrected chi connectivity index (χ3v) is 28.2. The Morgan fingerprint density at radius 3 is 1.09 bits per heavy atom. The number of nitrogens with one attached hydrogen (secondary N) is 1. The molecule has 12 heterocycles. The lowest BCUT2D eigenvalue weighted by molar-refractivity contribution is 0.236. The van der Waals surface area contributed by atoms with Gasteiger partial charge >= 0.3 is 0 Å². The van der Waals surface area contributed by atoms with Gasteiger partial charge in [0.25, 0.3) is 0 Å². The maximum absolute atomic E-state index is 5.67. The number of aryl methyl sites for hydroxylation is 6. The average molecular weight is 1690 g/mol. The van der Waals surface area contributed by atoms with Gasteiger partial charge in [-0.3, -0.25) is 24.9 Å². The molecular weight excluding hydrogens is 1570 g/mol. The van der Waals surface area contributed by atoms with E-state index in [0.29, 0.717) is 6.61 Å². The molecule has 0 saturated heterocycles. The fourth-order valence-corrected chi connectivity index (χ4v) is 21.8. The molecule has 0 unspecified atom stereocenters. The fourth-order valence-electron chi connectivity index (χ4n) is 21.8. The van der Waals surface area contributed by atoms with E-state index < -0.39 is 0 Å². The van der Waals surface area contributed by atoms with Crippen LogP contribution in [-0.2, 0) is 96.0 Å². The van der Waals surface area contributed by atoms with Gasteiger partial charge in [-0.2, -0.15) is 0 Å². The first-order valence-electron chi connectivity index (χ1n) is 45.4. The van der Waals surface area contributed by atoms with Crippen molar-refractivity contribution in [1.29, 1.82) is 0 Å². The predicted octanol–water partition coefficient (Wildman–Crippen LogP) is 20.5. The fraction of sp³-hybridized carbons (Fsp3) is 0.361. The number of amidine groups is 1. The quantitative estimate of drug-likeness (QED) is 0.164. The van der Waals surface area contributed by atoms with Gasteiger partial charge in [-0.1, -0.05) is 115 Å². The van der Waals surface area contributed by atoms with Crippen molar-refractivity contribution in [2.75, 3.05) is 33.0 Å². The first-order chi connectivity index (χ1) is 61.9. The molecule has 0 bridgehead atoms. The normalized spacial score (nSPS) is 23.6. The summed E-state index contributed by atoms with van der Waals surface area (Å²) in [6, 6.07) is 51.8. The Bertz CT molecular complexity index is 6030. The summed E-state index contributed by atoms with van der Waals surface area (Å²) in [6.07, 6.45) is 45.3.